The summed E-state index contributed by atoms with van der Waals surface area (Å²) < 4.78 is 21.3. The molecule has 1 fully saturated rings. The van der Waals surface area contributed by atoms with Crippen molar-refractivity contribution >= 4 is 28.3 Å². The van der Waals surface area contributed by atoms with Gasteiger partial charge in [-0.05, 0) is 67.9 Å². The van der Waals surface area contributed by atoms with Gasteiger partial charge in [-0.2, -0.15) is 0 Å². The molecule has 4 aromatic rings. The molecule has 1 aliphatic rings. The summed E-state index contributed by atoms with van der Waals surface area (Å²) in [6.07, 6.45) is 2.51. The van der Waals surface area contributed by atoms with Gasteiger partial charge in [0, 0.05) is 11.3 Å². The maximum absolute atomic E-state index is 15.3. The highest BCUT2D eigenvalue weighted by molar-refractivity contribution is 6.18. The monoisotopic (exact) mass is 518 g/mol. The van der Waals surface area contributed by atoms with Crippen molar-refractivity contribution < 1.29 is 14.3 Å². The van der Waals surface area contributed by atoms with Crippen LogP contribution in [0, 0.1) is 19.7 Å². The van der Waals surface area contributed by atoms with Crippen LogP contribution in [-0.4, -0.2) is 33.2 Å². The van der Waals surface area contributed by atoms with Gasteiger partial charge in [-0.3, -0.25) is 15.7 Å². The Hall–Kier alpha value is -3.55. The summed E-state index contributed by atoms with van der Waals surface area (Å²) in [7, 11) is 0. The van der Waals surface area contributed by atoms with Crippen molar-refractivity contribution in [2.75, 3.05) is 5.88 Å². The average molecular weight is 519 g/mol. The van der Waals surface area contributed by atoms with E-state index in [1.54, 1.807) is 24.3 Å². The number of alkyl halides is 1. The molecule has 1 unspecified atom stereocenters. The number of aryl methyl sites for hydroxylation is 2. The number of halogens is 2. The van der Waals surface area contributed by atoms with E-state index in [-0.39, 0.29) is 35.3 Å². The van der Waals surface area contributed by atoms with Crippen molar-refractivity contribution in [1.29, 1.82) is 0 Å². The Morgan fingerprint density at radius 1 is 1.14 bits per heavy atom. The van der Waals surface area contributed by atoms with Crippen molar-refractivity contribution in [1.82, 2.24) is 15.7 Å². The molecular formula is C29H28ClFN4O2. The normalized spacial score (nSPS) is 14.6. The summed E-state index contributed by atoms with van der Waals surface area (Å²) in [6.45, 7) is 4.10. The van der Waals surface area contributed by atoms with Crippen LogP contribution in [0.15, 0.2) is 65.7 Å². The minimum absolute atomic E-state index is 0.0330. The maximum atomic E-state index is 15.3. The minimum Gasteiger partial charge on any atom is -0.434 e. The van der Waals surface area contributed by atoms with Gasteiger partial charge in [0.25, 0.3) is 5.88 Å². The van der Waals surface area contributed by atoms with Gasteiger partial charge in [-0.1, -0.05) is 54.1 Å². The van der Waals surface area contributed by atoms with Crippen molar-refractivity contribution in [2.45, 2.75) is 45.1 Å². The molecule has 37 heavy (non-hydrogen) atoms. The molecule has 1 atom stereocenters. The molecule has 0 spiro atoms. The van der Waals surface area contributed by atoms with E-state index in [2.05, 4.69) is 40.8 Å². The van der Waals surface area contributed by atoms with Crippen LogP contribution in [0.25, 0.3) is 10.9 Å². The second-order valence-electron chi connectivity index (χ2n) is 9.46. The van der Waals surface area contributed by atoms with Crippen molar-refractivity contribution in [2.24, 2.45) is 4.99 Å². The predicted octanol–water partition coefficient (Wildman–Crippen LogP) is 6.63. The Morgan fingerprint density at radius 3 is 2.68 bits per heavy atom. The lowest BCUT2D eigenvalue weighted by Crippen LogP contribution is -2.26. The molecular weight excluding hydrogens is 491 g/mol. The lowest BCUT2D eigenvalue weighted by atomic mass is 10.00. The molecule has 190 valence electrons. The maximum Gasteiger partial charge on any atom is 0.250 e. The Balaban J connectivity index is 1.57. The van der Waals surface area contributed by atoms with E-state index in [0.717, 1.165) is 24.0 Å². The van der Waals surface area contributed by atoms with Gasteiger partial charge >= 0.3 is 0 Å². The summed E-state index contributed by atoms with van der Waals surface area (Å²) in [5, 5.41) is 19.3. The van der Waals surface area contributed by atoms with Gasteiger partial charge in [-0.15, -0.1) is 21.8 Å². The van der Waals surface area contributed by atoms with Gasteiger partial charge in [0.1, 0.15) is 0 Å². The van der Waals surface area contributed by atoms with Crippen LogP contribution in [0.2, 0.25) is 0 Å². The zero-order valence-corrected chi connectivity index (χ0v) is 21.5. The molecule has 8 heteroatoms. The van der Waals surface area contributed by atoms with E-state index in [1.165, 1.54) is 5.56 Å². The quantitative estimate of drug-likeness (QED) is 0.118. The highest BCUT2D eigenvalue weighted by atomic mass is 35.5. The van der Waals surface area contributed by atoms with Crippen LogP contribution in [0.3, 0.4) is 0 Å². The first-order valence-corrected chi connectivity index (χ1v) is 12.8. The zero-order valence-electron chi connectivity index (χ0n) is 20.7. The molecule has 1 aromatic heterocycles. The summed E-state index contributed by atoms with van der Waals surface area (Å²) in [5.74, 6) is 0.243. The fraction of sp³-hybridized carbons (Fsp3) is 0.276. The molecule has 2 N–H and O–H groups in total. The van der Waals surface area contributed by atoms with E-state index in [9.17, 15) is 5.21 Å². The molecule has 5 rings (SSSR count). The second kappa shape index (κ2) is 10.8. The molecule has 0 aliphatic heterocycles. The third-order valence-corrected chi connectivity index (χ3v) is 7.00. The summed E-state index contributed by atoms with van der Waals surface area (Å²) in [6, 6.07) is 18.3. The summed E-state index contributed by atoms with van der Waals surface area (Å²) in [5.41, 5.74) is 7.25. The number of rotatable bonds is 8. The van der Waals surface area contributed by atoms with Crippen LogP contribution >= 0.6 is 11.6 Å². The number of ether oxygens (including phenoxy) is 1. The predicted molar refractivity (Wildman–Crippen MR) is 144 cm³/mol. The average Bonchev–Trinajstić information content (AvgIpc) is 3.75. The van der Waals surface area contributed by atoms with Crippen LogP contribution < -0.4 is 10.2 Å². The number of hydroxylamine groups is 1. The number of benzene rings is 3. The fourth-order valence-electron chi connectivity index (χ4n) is 4.55. The number of fused-ring (bicyclic) bond motifs is 1. The van der Waals surface area contributed by atoms with Gasteiger partial charge in [0.05, 0.1) is 17.1 Å². The lowest BCUT2D eigenvalue weighted by molar-refractivity contribution is 0.234. The topological polar surface area (TPSA) is 79.6 Å². The van der Waals surface area contributed by atoms with Gasteiger partial charge < -0.3 is 4.74 Å². The first-order valence-electron chi connectivity index (χ1n) is 12.3. The largest absolute Gasteiger partial charge is 0.434 e. The van der Waals surface area contributed by atoms with Crippen molar-refractivity contribution in [3.05, 3.63) is 94.3 Å². The molecule has 3 aromatic carbocycles. The Labute approximate surface area is 220 Å². The smallest absolute Gasteiger partial charge is 0.250 e. The van der Waals surface area contributed by atoms with E-state index >= 15 is 4.39 Å². The van der Waals surface area contributed by atoms with Crippen LogP contribution in [0.5, 0.6) is 11.6 Å². The van der Waals surface area contributed by atoms with Crippen LogP contribution in [0.4, 0.5) is 4.39 Å². The van der Waals surface area contributed by atoms with Gasteiger partial charge in [-0.25, -0.2) is 4.39 Å². The Kier molecular flexibility index (Phi) is 7.35. The van der Waals surface area contributed by atoms with Crippen molar-refractivity contribution in [3.8, 4) is 11.6 Å². The molecule has 0 radical (unpaired) electrons. The molecule has 6 nitrogen and oxygen atoms in total. The van der Waals surface area contributed by atoms with E-state index < -0.39 is 5.82 Å². The van der Waals surface area contributed by atoms with E-state index in [1.807, 2.05) is 25.1 Å². The van der Waals surface area contributed by atoms with E-state index in [0.29, 0.717) is 28.5 Å². The number of nitrogens with zero attached hydrogens (tertiary/aromatic N) is 3. The highest BCUT2D eigenvalue weighted by Crippen LogP contribution is 2.43. The first kappa shape index (κ1) is 25.1. The summed E-state index contributed by atoms with van der Waals surface area (Å²) >= 11 is 6.33. The molecule has 0 bridgehead atoms. The van der Waals surface area contributed by atoms with E-state index in [4.69, 9.17) is 21.3 Å². The first-order chi connectivity index (χ1) is 18.0. The third-order valence-electron chi connectivity index (χ3n) is 6.64. The second-order valence-corrected chi connectivity index (χ2v) is 9.77. The van der Waals surface area contributed by atoms with Gasteiger partial charge in [0.2, 0.25) is 0 Å². The number of amidine groups is 1. The highest BCUT2D eigenvalue weighted by Gasteiger charge is 2.29. The number of hydrogen-bond acceptors (Lipinski definition) is 5. The minimum atomic E-state index is -0.408. The number of aromatic nitrogens is 2. The summed E-state index contributed by atoms with van der Waals surface area (Å²) in [4.78, 5) is 4.75. The number of hydrogen-bond donors (Lipinski definition) is 2. The van der Waals surface area contributed by atoms with Crippen LogP contribution in [-0.2, 0) is 6.42 Å². The zero-order chi connectivity index (χ0) is 25.9. The molecule has 0 amide bonds. The Bertz CT molecular complexity index is 1470. The fourth-order valence-corrected chi connectivity index (χ4v) is 4.73. The van der Waals surface area contributed by atoms with Crippen molar-refractivity contribution in [3.63, 3.8) is 0 Å². The molecule has 0 saturated heterocycles. The SMILES string of the molecule is Cc1ccc(CC(CCl)N=C(NO)c2c(Oc3cccc(C4CC4)c3F)nnc3ccccc23)c(C)c1. The van der Waals surface area contributed by atoms with Crippen LogP contribution in [0.1, 0.15) is 46.6 Å². The third kappa shape index (κ3) is 5.43. The van der Waals surface area contributed by atoms with Gasteiger partial charge in [0.15, 0.2) is 17.4 Å². The molecule has 1 saturated carbocycles. The lowest BCUT2D eigenvalue weighted by Gasteiger charge is -2.17. The number of aliphatic imine (C=N–C) groups is 1. The number of nitrogens with one attached hydrogen (secondary N) is 1. The Morgan fingerprint density at radius 2 is 1.95 bits per heavy atom. The standard InChI is InChI=1S/C29H28ClFN4O2/c1-17-10-11-20(18(2)14-17)15-21(16-30)32-28(35-36)26-23-6-3-4-8-24(23)33-34-29(26)37-25-9-5-7-22(27(25)31)19-12-13-19/h3-11,14,19,21,36H,12-13,15-16H2,1-2H3,(H,32,35). The molecule has 1 aliphatic carbocycles. The molecule has 1 heterocycles.